The van der Waals surface area contributed by atoms with Crippen molar-refractivity contribution < 1.29 is 80.2 Å². The van der Waals surface area contributed by atoms with E-state index in [-0.39, 0.29) is 25.7 Å². The molecule has 0 aromatic heterocycles. The van der Waals surface area contributed by atoms with Crippen molar-refractivity contribution in [3.8, 4) is 0 Å². The molecule has 0 saturated carbocycles. The number of rotatable bonds is 87. The van der Waals surface area contributed by atoms with Gasteiger partial charge in [0.05, 0.1) is 26.4 Å². The van der Waals surface area contributed by atoms with Gasteiger partial charge < -0.3 is 33.8 Å². The van der Waals surface area contributed by atoms with Crippen LogP contribution in [0.3, 0.4) is 0 Å². The van der Waals surface area contributed by atoms with Gasteiger partial charge in [-0.1, -0.05) is 421 Å². The lowest BCUT2D eigenvalue weighted by Gasteiger charge is -2.21. The fraction of sp³-hybridized carbons (Fsp3) is 0.956. The molecular formula is C90H176O17P2. The number of unbranched alkanes of at least 4 members (excludes halogenated alkanes) is 52. The van der Waals surface area contributed by atoms with Crippen LogP contribution in [0.25, 0.3) is 0 Å². The molecule has 648 valence electrons. The monoisotopic (exact) mass is 1590 g/mol. The van der Waals surface area contributed by atoms with Crippen molar-refractivity contribution in [3.05, 3.63) is 0 Å². The van der Waals surface area contributed by atoms with E-state index in [0.29, 0.717) is 31.6 Å². The van der Waals surface area contributed by atoms with Crippen molar-refractivity contribution >= 4 is 39.5 Å². The van der Waals surface area contributed by atoms with E-state index in [1.54, 1.807) is 0 Å². The van der Waals surface area contributed by atoms with Gasteiger partial charge in [-0.2, -0.15) is 0 Å². The van der Waals surface area contributed by atoms with Crippen LogP contribution in [0.2, 0.25) is 0 Å². The van der Waals surface area contributed by atoms with Gasteiger partial charge in [-0.3, -0.25) is 37.3 Å². The summed E-state index contributed by atoms with van der Waals surface area (Å²) in [4.78, 5) is 73.3. The van der Waals surface area contributed by atoms with Gasteiger partial charge in [-0.15, -0.1) is 0 Å². The van der Waals surface area contributed by atoms with Crippen LogP contribution in [0, 0.1) is 23.7 Å². The molecule has 109 heavy (non-hydrogen) atoms. The summed E-state index contributed by atoms with van der Waals surface area (Å²) in [5, 5.41) is 10.7. The SMILES string of the molecule is CCC(C)CCCCCCCCCCCCCCCCCCCCC(=O)OC[C@H](COP(=O)(O)OCC(O)COP(=O)(O)OC[C@@H](COC(=O)CCCCCCCCCC(C)C)OC(=O)CCCCCCCCCCCCCCCC(C)C)OC(=O)CCCCCCCCCCCCCCCCCCCCC(C)C. The third-order valence-corrected chi connectivity index (χ3v) is 23.3. The highest BCUT2D eigenvalue weighted by Crippen LogP contribution is 2.45. The predicted octanol–water partition coefficient (Wildman–Crippen LogP) is 27.5. The molecule has 0 spiro atoms. The van der Waals surface area contributed by atoms with Gasteiger partial charge in [0.2, 0.25) is 0 Å². The molecule has 19 heteroatoms. The predicted molar refractivity (Wildman–Crippen MR) is 451 cm³/mol. The van der Waals surface area contributed by atoms with Crippen LogP contribution in [-0.2, 0) is 65.4 Å². The minimum atomic E-state index is -4.97. The lowest BCUT2D eigenvalue weighted by atomic mass is 9.99. The third kappa shape index (κ3) is 82.4. The Labute approximate surface area is 670 Å². The molecule has 0 rings (SSSR count). The van der Waals surface area contributed by atoms with Crippen molar-refractivity contribution in [3.63, 3.8) is 0 Å². The lowest BCUT2D eigenvalue weighted by Crippen LogP contribution is -2.30. The minimum absolute atomic E-state index is 0.106. The largest absolute Gasteiger partial charge is 0.472 e. The fourth-order valence-electron chi connectivity index (χ4n) is 14.0. The Balaban J connectivity index is 5.22. The second kappa shape index (κ2) is 78.6. The van der Waals surface area contributed by atoms with Crippen LogP contribution in [-0.4, -0.2) is 96.7 Å². The number of carbonyl (C=O) groups excluding carboxylic acids is 4. The van der Waals surface area contributed by atoms with Crippen LogP contribution in [0.5, 0.6) is 0 Å². The highest BCUT2D eigenvalue weighted by atomic mass is 31.2. The maximum Gasteiger partial charge on any atom is 0.472 e. The van der Waals surface area contributed by atoms with Gasteiger partial charge in [-0.05, 0) is 49.4 Å². The molecule has 17 nitrogen and oxygen atoms in total. The van der Waals surface area contributed by atoms with Gasteiger partial charge in [0.1, 0.15) is 19.3 Å². The number of aliphatic hydroxyl groups is 1. The first-order valence-electron chi connectivity index (χ1n) is 46.2. The van der Waals surface area contributed by atoms with Crippen LogP contribution in [0.1, 0.15) is 473 Å². The summed E-state index contributed by atoms with van der Waals surface area (Å²) in [5.41, 5.74) is 0. The number of phosphoric acid groups is 2. The molecule has 0 aromatic carbocycles. The fourth-order valence-corrected chi connectivity index (χ4v) is 15.6. The number of hydrogen-bond donors (Lipinski definition) is 3. The maximum atomic E-state index is 13.2. The molecule has 0 heterocycles. The van der Waals surface area contributed by atoms with Crippen molar-refractivity contribution in [2.24, 2.45) is 23.7 Å². The Morgan fingerprint density at radius 1 is 0.257 bits per heavy atom. The number of phosphoric ester groups is 2. The van der Waals surface area contributed by atoms with E-state index >= 15 is 0 Å². The minimum Gasteiger partial charge on any atom is -0.462 e. The third-order valence-electron chi connectivity index (χ3n) is 21.4. The molecule has 0 radical (unpaired) electrons. The van der Waals surface area contributed by atoms with Gasteiger partial charge in [0, 0.05) is 25.7 Å². The standard InChI is InChI=1S/C90H176O17P2/c1-9-83(8)69-61-53-45-37-31-25-19-15-11-13-16-20-26-32-38-46-54-62-70-87(92)100-76-85(106-89(94)72-64-56-47-39-33-27-21-17-12-10-14-18-23-29-35-42-50-58-66-80(2)3)78-104-108(96,97)102-74-84(91)75-103-109(98,99)105-79-86(77-101-88(93)71-63-55-49-41-44-52-60-68-82(6)7)107-90(95)73-65-57-48-40-34-28-22-24-30-36-43-51-59-67-81(4)5/h80-86,91H,9-79H2,1-8H3,(H,96,97)(H,98,99)/t83?,84?,85-,86-/m1/s1. The van der Waals surface area contributed by atoms with Crippen molar-refractivity contribution in [1.29, 1.82) is 0 Å². The highest BCUT2D eigenvalue weighted by molar-refractivity contribution is 7.47. The Hall–Kier alpha value is -1.94. The number of carbonyl (C=O) groups is 4. The second-order valence-corrected chi connectivity index (χ2v) is 36.9. The number of esters is 4. The molecule has 0 bridgehead atoms. The van der Waals surface area contributed by atoms with E-state index in [1.165, 1.54) is 270 Å². The first-order chi connectivity index (χ1) is 52.6. The normalized spacial score (nSPS) is 14.1. The molecule has 4 unspecified atom stereocenters. The average Bonchev–Trinajstić information content (AvgIpc) is 0.902. The number of ether oxygens (including phenoxy) is 4. The van der Waals surface area contributed by atoms with Gasteiger partial charge >= 0.3 is 39.5 Å². The Bertz CT molecular complexity index is 2110. The Morgan fingerprint density at radius 2 is 0.440 bits per heavy atom. The van der Waals surface area contributed by atoms with Crippen molar-refractivity contribution in [1.82, 2.24) is 0 Å². The van der Waals surface area contributed by atoms with Gasteiger partial charge in [-0.25, -0.2) is 9.13 Å². The van der Waals surface area contributed by atoms with Gasteiger partial charge in [0.25, 0.3) is 0 Å². The van der Waals surface area contributed by atoms with Crippen LogP contribution in [0.4, 0.5) is 0 Å². The van der Waals surface area contributed by atoms with Crippen LogP contribution in [0.15, 0.2) is 0 Å². The summed E-state index contributed by atoms with van der Waals surface area (Å²) in [6, 6.07) is 0. The summed E-state index contributed by atoms with van der Waals surface area (Å²) in [7, 11) is -9.93. The molecule has 3 N–H and O–H groups in total. The summed E-state index contributed by atoms with van der Waals surface area (Å²) in [6.07, 6.45) is 69.6. The molecule has 0 aliphatic carbocycles. The van der Waals surface area contributed by atoms with Crippen molar-refractivity contribution in [2.75, 3.05) is 39.6 Å². The summed E-state index contributed by atoms with van der Waals surface area (Å²) >= 11 is 0. The zero-order valence-electron chi connectivity index (χ0n) is 72.2. The molecule has 0 aliphatic rings. The molecule has 0 fully saturated rings. The number of hydrogen-bond acceptors (Lipinski definition) is 15. The summed E-state index contributed by atoms with van der Waals surface area (Å²) in [5.74, 6) is 1.08. The van der Waals surface area contributed by atoms with Crippen LogP contribution < -0.4 is 0 Å². The summed E-state index contributed by atoms with van der Waals surface area (Å²) in [6.45, 7) is 14.4. The Morgan fingerprint density at radius 3 is 0.651 bits per heavy atom. The molecule has 0 aliphatic heterocycles. The second-order valence-electron chi connectivity index (χ2n) is 34.0. The molecule has 0 amide bonds. The smallest absolute Gasteiger partial charge is 0.462 e. The maximum absolute atomic E-state index is 13.2. The topological polar surface area (TPSA) is 237 Å². The number of aliphatic hydroxyl groups excluding tert-OH is 1. The van der Waals surface area contributed by atoms with E-state index in [9.17, 15) is 43.2 Å². The van der Waals surface area contributed by atoms with E-state index in [1.807, 2.05) is 0 Å². The van der Waals surface area contributed by atoms with E-state index in [0.717, 1.165) is 114 Å². The van der Waals surface area contributed by atoms with E-state index in [4.69, 9.17) is 37.0 Å². The van der Waals surface area contributed by atoms with Crippen molar-refractivity contribution in [2.45, 2.75) is 491 Å². The molecule has 0 aromatic rings. The summed E-state index contributed by atoms with van der Waals surface area (Å²) < 4.78 is 69.0. The van der Waals surface area contributed by atoms with E-state index in [2.05, 4.69) is 55.4 Å². The lowest BCUT2D eigenvalue weighted by molar-refractivity contribution is -0.161. The molecular weight excluding hydrogens is 1410 g/mol. The van der Waals surface area contributed by atoms with Gasteiger partial charge in [0.15, 0.2) is 12.2 Å². The van der Waals surface area contributed by atoms with Crippen LogP contribution >= 0.6 is 15.6 Å². The highest BCUT2D eigenvalue weighted by Gasteiger charge is 2.31. The van der Waals surface area contributed by atoms with E-state index < -0.39 is 97.5 Å². The first-order valence-corrected chi connectivity index (χ1v) is 49.2. The Kier molecular flexibility index (Phi) is 77.2. The quantitative estimate of drug-likeness (QED) is 0.0222. The molecule has 0 saturated heterocycles. The molecule has 6 atom stereocenters. The average molecular weight is 1590 g/mol. The zero-order valence-corrected chi connectivity index (χ0v) is 74.0. The first kappa shape index (κ1) is 107. The zero-order chi connectivity index (χ0) is 80.2.